The first-order chi connectivity index (χ1) is 13.0. The molecule has 0 spiro atoms. The summed E-state index contributed by atoms with van der Waals surface area (Å²) < 4.78 is 23.0. The molecule has 0 atom stereocenters. The molecule has 3 saturated heterocycles. The van der Waals surface area contributed by atoms with Gasteiger partial charge >= 0.3 is 0 Å². The van der Waals surface area contributed by atoms with Gasteiger partial charge < -0.3 is 4.90 Å². The zero-order valence-corrected chi connectivity index (χ0v) is 16.7. The molecule has 4 rings (SSSR count). The van der Waals surface area contributed by atoms with Crippen LogP contribution in [0.3, 0.4) is 0 Å². The molecule has 27 heavy (non-hydrogen) atoms. The lowest BCUT2D eigenvalue weighted by atomic mass is 10.0. The van der Waals surface area contributed by atoms with Gasteiger partial charge in [-0.15, -0.1) is 0 Å². The van der Waals surface area contributed by atoms with Crippen molar-refractivity contribution in [3.05, 3.63) is 35.4 Å². The van der Waals surface area contributed by atoms with Gasteiger partial charge in [-0.25, -0.2) is 8.42 Å². The van der Waals surface area contributed by atoms with E-state index in [1.165, 1.54) is 32.4 Å². The molecule has 0 bridgehead atoms. The third kappa shape index (κ3) is 4.52. The molecule has 3 aliphatic rings. The topological polar surface area (TPSA) is 60.9 Å². The molecule has 0 aliphatic carbocycles. The summed E-state index contributed by atoms with van der Waals surface area (Å²) in [5.74, 6) is 0.617. The third-order valence-electron chi connectivity index (χ3n) is 6.10. The molecule has 0 aromatic heterocycles. The van der Waals surface area contributed by atoms with Gasteiger partial charge in [-0.1, -0.05) is 18.6 Å². The van der Waals surface area contributed by atoms with Crippen LogP contribution in [0.5, 0.6) is 0 Å². The second kappa shape index (κ2) is 7.89. The van der Waals surface area contributed by atoms with Crippen LogP contribution in [0.15, 0.2) is 24.3 Å². The van der Waals surface area contributed by atoms with Crippen molar-refractivity contribution in [2.75, 3.05) is 50.8 Å². The normalized spacial score (nSPS) is 24.5. The summed E-state index contributed by atoms with van der Waals surface area (Å²) in [6.45, 7) is 5.98. The Morgan fingerprint density at radius 3 is 2.19 bits per heavy atom. The lowest BCUT2D eigenvalue weighted by Gasteiger charge is -2.46. The molecule has 0 radical (unpaired) electrons. The average molecular weight is 392 g/mol. The summed E-state index contributed by atoms with van der Waals surface area (Å²) in [6, 6.07) is 8.36. The number of carbonyl (C=O) groups excluding carboxylic acids is 1. The van der Waals surface area contributed by atoms with Crippen LogP contribution in [0.1, 0.15) is 35.2 Å². The van der Waals surface area contributed by atoms with Crippen molar-refractivity contribution in [3.63, 3.8) is 0 Å². The first-order valence-corrected chi connectivity index (χ1v) is 11.9. The molecule has 148 valence electrons. The van der Waals surface area contributed by atoms with E-state index in [0.717, 1.165) is 30.8 Å². The molecular formula is C20H29N3O3S. The Morgan fingerprint density at radius 1 is 0.926 bits per heavy atom. The minimum Gasteiger partial charge on any atom is -0.335 e. The number of piperidine rings is 1. The fourth-order valence-corrected chi connectivity index (χ4v) is 5.51. The SMILES string of the molecule is O=C(c1ccc(CN2CCS(=O)(=O)CC2)cc1)N1CC(N2CCCCC2)C1. The lowest BCUT2D eigenvalue weighted by Crippen LogP contribution is -2.61. The van der Waals surface area contributed by atoms with Gasteiger partial charge in [0.05, 0.1) is 11.5 Å². The third-order valence-corrected chi connectivity index (χ3v) is 7.71. The average Bonchev–Trinajstić information content (AvgIpc) is 2.64. The number of rotatable bonds is 4. The van der Waals surface area contributed by atoms with E-state index >= 15 is 0 Å². The van der Waals surface area contributed by atoms with Crippen LogP contribution in [0, 0.1) is 0 Å². The highest BCUT2D eigenvalue weighted by Crippen LogP contribution is 2.22. The van der Waals surface area contributed by atoms with Crippen LogP contribution in [0.2, 0.25) is 0 Å². The zero-order valence-electron chi connectivity index (χ0n) is 15.8. The molecular weight excluding hydrogens is 362 g/mol. The second-order valence-corrected chi connectivity index (χ2v) is 10.4. The quantitative estimate of drug-likeness (QED) is 0.773. The van der Waals surface area contributed by atoms with Gasteiger partial charge in [0.15, 0.2) is 9.84 Å². The molecule has 0 unspecified atom stereocenters. The first-order valence-electron chi connectivity index (χ1n) is 10.1. The molecule has 3 fully saturated rings. The van der Waals surface area contributed by atoms with E-state index in [-0.39, 0.29) is 17.4 Å². The number of benzene rings is 1. The van der Waals surface area contributed by atoms with Gasteiger partial charge in [0.25, 0.3) is 5.91 Å². The maximum Gasteiger partial charge on any atom is 0.253 e. The largest absolute Gasteiger partial charge is 0.335 e. The highest BCUT2D eigenvalue weighted by Gasteiger charge is 2.35. The van der Waals surface area contributed by atoms with Crippen LogP contribution >= 0.6 is 0 Å². The summed E-state index contributed by atoms with van der Waals surface area (Å²) >= 11 is 0. The summed E-state index contributed by atoms with van der Waals surface area (Å²) in [5, 5.41) is 0. The van der Waals surface area contributed by atoms with E-state index in [1.54, 1.807) is 0 Å². The number of sulfone groups is 1. The highest BCUT2D eigenvalue weighted by atomic mass is 32.2. The van der Waals surface area contributed by atoms with Crippen LogP contribution in [0.25, 0.3) is 0 Å². The fraction of sp³-hybridized carbons (Fsp3) is 0.650. The number of nitrogens with zero attached hydrogens (tertiary/aromatic N) is 3. The molecule has 3 heterocycles. The fourth-order valence-electron chi connectivity index (χ4n) is 4.24. The van der Waals surface area contributed by atoms with Gasteiger partial charge in [0.2, 0.25) is 0 Å². The standard InChI is InChI=1S/C20H29N3O3S/c24-20(23-15-19(16-23)22-8-2-1-3-9-22)18-6-4-17(5-7-18)14-21-10-12-27(25,26)13-11-21/h4-7,19H,1-3,8-16H2. The predicted molar refractivity (Wildman–Crippen MR) is 105 cm³/mol. The lowest BCUT2D eigenvalue weighted by molar-refractivity contribution is 0.0203. The highest BCUT2D eigenvalue weighted by molar-refractivity contribution is 7.91. The van der Waals surface area contributed by atoms with Gasteiger partial charge in [-0.05, 0) is 43.6 Å². The van der Waals surface area contributed by atoms with E-state index in [2.05, 4.69) is 9.80 Å². The van der Waals surface area contributed by atoms with Crippen molar-refractivity contribution in [2.45, 2.75) is 31.8 Å². The van der Waals surface area contributed by atoms with E-state index in [9.17, 15) is 13.2 Å². The molecule has 1 aromatic rings. The Labute approximate surface area is 162 Å². The Morgan fingerprint density at radius 2 is 1.56 bits per heavy atom. The Hall–Kier alpha value is -1.44. The van der Waals surface area contributed by atoms with Crippen LogP contribution in [0.4, 0.5) is 0 Å². The Balaban J connectivity index is 1.27. The molecule has 0 saturated carbocycles. The maximum atomic E-state index is 12.7. The smallest absolute Gasteiger partial charge is 0.253 e. The van der Waals surface area contributed by atoms with Crippen LogP contribution < -0.4 is 0 Å². The zero-order chi connectivity index (χ0) is 18.9. The van der Waals surface area contributed by atoms with E-state index < -0.39 is 9.84 Å². The number of amides is 1. The van der Waals surface area contributed by atoms with Gasteiger partial charge in [-0.3, -0.25) is 14.6 Å². The van der Waals surface area contributed by atoms with E-state index in [1.807, 2.05) is 29.2 Å². The molecule has 1 amide bonds. The minimum absolute atomic E-state index is 0.124. The number of likely N-dealkylation sites (tertiary alicyclic amines) is 2. The van der Waals surface area contributed by atoms with E-state index in [0.29, 0.717) is 19.1 Å². The molecule has 1 aromatic carbocycles. The van der Waals surface area contributed by atoms with Crippen molar-refractivity contribution in [1.29, 1.82) is 0 Å². The number of carbonyl (C=O) groups is 1. The molecule has 7 heteroatoms. The molecule has 0 N–H and O–H groups in total. The van der Waals surface area contributed by atoms with Crippen LogP contribution in [-0.2, 0) is 16.4 Å². The molecule has 3 aliphatic heterocycles. The monoisotopic (exact) mass is 391 g/mol. The van der Waals surface area contributed by atoms with Crippen molar-refractivity contribution < 1.29 is 13.2 Å². The summed E-state index contributed by atoms with van der Waals surface area (Å²) in [4.78, 5) is 19.3. The summed E-state index contributed by atoms with van der Waals surface area (Å²) in [7, 11) is -2.84. The Kier molecular flexibility index (Phi) is 5.53. The number of hydrogen-bond donors (Lipinski definition) is 0. The van der Waals surface area contributed by atoms with Crippen molar-refractivity contribution in [3.8, 4) is 0 Å². The molecule has 6 nitrogen and oxygen atoms in total. The second-order valence-electron chi connectivity index (χ2n) is 8.09. The number of hydrogen-bond acceptors (Lipinski definition) is 5. The van der Waals surface area contributed by atoms with Crippen molar-refractivity contribution in [2.24, 2.45) is 0 Å². The van der Waals surface area contributed by atoms with Crippen molar-refractivity contribution >= 4 is 15.7 Å². The van der Waals surface area contributed by atoms with Gasteiger partial charge in [0.1, 0.15) is 0 Å². The Bertz CT molecular complexity index is 752. The summed E-state index contributed by atoms with van der Waals surface area (Å²) in [5.41, 5.74) is 1.87. The minimum atomic E-state index is -2.84. The van der Waals surface area contributed by atoms with Crippen molar-refractivity contribution in [1.82, 2.24) is 14.7 Å². The summed E-state index contributed by atoms with van der Waals surface area (Å²) in [6.07, 6.45) is 3.91. The predicted octanol–water partition coefficient (Wildman–Crippen LogP) is 1.23. The first kappa shape index (κ1) is 18.9. The van der Waals surface area contributed by atoms with E-state index in [4.69, 9.17) is 0 Å². The van der Waals surface area contributed by atoms with Gasteiger partial charge in [0, 0.05) is 44.3 Å². The maximum absolute atomic E-state index is 12.7. The van der Waals surface area contributed by atoms with Gasteiger partial charge in [-0.2, -0.15) is 0 Å². The van der Waals surface area contributed by atoms with Crippen LogP contribution in [-0.4, -0.2) is 85.8 Å².